The first-order chi connectivity index (χ1) is 15.8. The Hall–Kier alpha value is -2.85. The average Bonchev–Trinajstić information content (AvgIpc) is 3.13. The highest BCUT2D eigenvalue weighted by atomic mass is 32.1. The Labute approximate surface area is 199 Å². The summed E-state index contributed by atoms with van der Waals surface area (Å²) in [5, 5.41) is 3.34. The molecule has 33 heavy (non-hydrogen) atoms. The van der Waals surface area contributed by atoms with Gasteiger partial charge in [0.2, 0.25) is 11.7 Å². The number of anilines is 1. The number of hydrogen-bond donors (Lipinski definition) is 1. The molecule has 2 amide bonds. The predicted octanol–water partition coefficient (Wildman–Crippen LogP) is 3.21. The van der Waals surface area contributed by atoms with Crippen molar-refractivity contribution in [1.82, 2.24) is 14.8 Å². The van der Waals surface area contributed by atoms with Crippen molar-refractivity contribution in [2.45, 2.75) is 27.7 Å². The molecule has 0 spiro atoms. The number of benzene rings is 1. The number of hydrogen-bond acceptors (Lipinski definition) is 8. The monoisotopic (exact) mass is 478 g/mol. The molecule has 1 aromatic heterocycles. The molecule has 0 atom stereocenters. The molecule has 0 bridgehead atoms. The number of nitrogens with zero attached hydrogens (tertiary/aromatic N) is 3. The quantitative estimate of drug-likeness (QED) is 0.501. The number of ether oxygens (including phenoxy) is 3. The van der Waals surface area contributed by atoms with Crippen LogP contribution in [0.2, 0.25) is 0 Å². The molecule has 1 aromatic carbocycles. The van der Waals surface area contributed by atoms with Gasteiger partial charge in [-0.3, -0.25) is 9.59 Å². The van der Waals surface area contributed by atoms with Crippen LogP contribution in [0.25, 0.3) is 0 Å². The van der Waals surface area contributed by atoms with E-state index in [1.807, 2.05) is 13.8 Å². The SMILES string of the molecule is CCN(CC)CCN(CC(=O)Nc1nc(C)c(C)s1)C(=O)c1cc(OC)c(OC)c(OC)c1. The summed E-state index contributed by atoms with van der Waals surface area (Å²) in [4.78, 5) is 35.4. The van der Waals surface area contributed by atoms with Crippen molar-refractivity contribution in [2.24, 2.45) is 0 Å². The summed E-state index contributed by atoms with van der Waals surface area (Å²) in [7, 11) is 4.49. The Bertz CT molecular complexity index is 914. The van der Waals surface area contributed by atoms with E-state index in [4.69, 9.17) is 14.2 Å². The number of likely N-dealkylation sites (N-methyl/N-ethyl adjacent to an activating group) is 1. The summed E-state index contributed by atoms with van der Waals surface area (Å²) in [5.74, 6) is 0.551. The number of nitrogens with one attached hydrogen (secondary N) is 1. The third-order valence-electron chi connectivity index (χ3n) is 5.39. The molecular weight excluding hydrogens is 444 g/mol. The average molecular weight is 479 g/mol. The summed E-state index contributed by atoms with van der Waals surface area (Å²) in [6, 6.07) is 3.19. The van der Waals surface area contributed by atoms with Gasteiger partial charge in [-0.05, 0) is 39.1 Å². The van der Waals surface area contributed by atoms with Crippen LogP contribution in [0.3, 0.4) is 0 Å². The van der Waals surface area contributed by atoms with Gasteiger partial charge in [0.25, 0.3) is 5.91 Å². The fraction of sp³-hybridized carbons (Fsp3) is 0.522. The van der Waals surface area contributed by atoms with Crippen molar-refractivity contribution < 1.29 is 23.8 Å². The summed E-state index contributed by atoms with van der Waals surface area (Å²) in [6.45, 7) is 10.6. The standard InChI is InChI=1S/C23H34N4O5S/c1-8-26(9-2)10-11-27(14-20(28)25-23-24-15(3)16(4)33-23)22(29)17-12-18(30-5)21(32-7)19(13-17)31-6/h12-13H,8-11,14H2,1-7H3,(H,24,25,28). The van der Waals surface area contributed by atoms with E-state index in [-0.39, 0.29) is 18.4 Å². The highest BCUT2D eigenvalue weighted by Gasteiger charge is 2.24. The highest BCUT2D eigenvalue weighted by molar-refractivity contribution is 7.15. The lowest BCUT2D eigenvalue weighted by molar-refractivity contribution is -0.116. The first-order valence-corrected chi connectivity index (χ1v) is 11.6. The summed E-state index contributed by atoms with van der Waals surface area (Å²) >= 11 is 1.41. The molecule has 0 fully saturated rings. The molecule has 0 unspecified atom stereocenters. The molecule has 0 radical (unpaired) electrons. The smallest absolute Gasteiger partial charge is 0.254 e. The van der Waals surface area contributed by atoms with Gasteiger partial charge in [0, 0.05) is 23.5 Å². The first-order valence-electron chi connectivity index (χ1n) is 10.8. The largest absolute Gasteiger partial charge is 0.493 e. The Kier molecular flexibility index (Phi) is 9.93. The van der Waals surface area contributed by atoms with Gasteiger partial charge in [-0.15, -0.1) is 11.3 Å². The van der Waals surface area contributed by atoms with Gasteiger partial charge in [0.1, 0.15) is 6.54 Å². The van der Waals surface area contributed by atoms with Gasteiger partial charge in [0.05, 0.1) is 27.0 Å². The highest BCUT2D eigenvalue weighted by Crippen LogP contribution is 2.38. The molecule has 0 aliphatic carbocycles. The van der Waals surface area contributed by atoms with Crippen molar-refractivity contribution in [2.75, 3.05) is 59.4 Å². The van der Waals surface area contributed by atoms with Crippen LogP contribution in [0.15, 0.2) is 12.1 Å². The number of aromatic nitrogens is 1. The summed E-state index contributed by atoms with van der Waals surface area (Å²) < 4.78 is 16.1. The predicted molar refractivity (Wildman–Crippen MR) is 130 cm³/mol. The van der Waals surface area contributed by atoms with Crippen LogP contribution in [0, 0.1) is 13.8 Å². The lowest BCUT2D eigenvalue weighted by Crippen LogP contribution is -2.42. The number of rotatable bonds is 12. The van der Waals surface area contributed by atoms with Crippen LogP contribution in [0.5, 0.6) is 17.2 Å². The Balaban J connectivity index is 2.29. The lowest BCUT2D eigenvalue weighted by atomic mass is 10.1. The van der Waals surface area contributed by atoms with E-state index in [0.717, 1.165) is 23.7 Å². The second-order valence-electron chi connectivity index (χ2n) is 7.38. The molecule has 0 saturated carbocycles. The number of carbonyl (C=O) groups is 2. The maximum absolute atomic E-state index is 13.5. The molecule has 0 aliphatic heterocycles. The Morgan fingerprint density at radius 1 is 1.00 bits per heavy atom. The topological polar surface area (TPSA) is 93.2 Å². The zero-order chi connectivity index (χ0) is 24.5. The van der Waals surface area contributed by atoms with Crippen molar-refractivity contribution in [3.05, 3.63) is 28.3 Å². The van der Waals surface area contributed by atoms with Crippen LogP contribution < -0.4 is 19.5 Å². The van der Waals surface area contributed by atoms with Crippen LogP contribution >= 0.6 is 11.3 Å². The zero-order valence-electron chi connectivity index (χ0n) is 20.5. The van der Waals surface area contributed by atoms with E-state index in [1.54, 1.807) is 12.1 Å². The fourth-order valence-electron chi connectivity index (χ4n) is 3.30. The maximum Gasteiger partial charge on any atom is 0.254 e. The van der Waals surface area contributed by atoms with Gasteiger partial charge in [-0.2, -0.15) is 0 Å². The number of thiazole rings is 1. The lowest BCUT2D eigenvalue weighted by Gasteiger charge is -2.26. The third kappa shape index (κ3) is 6.82. The van der Waals surface area contributed by atoms with E-state index >= 15 is 0 Å². The van der Waals surface area contributed by atoms with Crippen molar-refractivity contribution in [3.8, 4) is 17.2 Å². The molecule has 1 N–H and O–H groups in total. The van der Waals surface area contributed by atoms with Crippen LogP contribution in [-0.4, -0.2) is 80.7 Å². The molecule has 10 heteroatoms. The zero-order valence-corrected chi connectivity index (χ0v) is 21.3. The second kappa shape index (κ2) is 12.4. The van der Waals surface area contributed by atoms with Gasteiger partial charge in [-0.25, -0.2) is 4.98 Å². The molecule has 2 aromatic rings. The van der Waals surface area contributed by atoms with E-state index in [0.29, 0.717) is 41.0 Å². The number of carbonyl (C=O) groups excluding carboxylic acids is 2. The minimum Gasteiger partial charge on any atom is -0.493 e. The van der Waals surface area contributed by atoms with Crippen LogP contribution in [0.4, 0.5) is 5.13 Å². The first kappa shape index (κ1) is 26.4. The normalized spacial score (nSPS) is 10.8. The van der Waals surface area contributed by atoms with E-state index in [2.05, 4.69) is 29.0 Å². The van der Waals surface area contributed by atoms with Gasteiger partial charge in [0.15, 0.2) is 16.6 Å². The van der Waals surface area contributed by atoms with Crippen molar-refractivity contribution >= 4 is 28.3 Å². The molecular formula is C23H34N4O5S. The molecule has 1 heterocycles. The third-order valence-corrected chi connectivity index (χ3v) is 6.38. The van der Waals surface area contributed by atoms with E-state index in [9.17, 15) is 9.59 Å². The molecule has 9 nitrogen and oxygen atoms in total. The van der Waals surface area contributed by atoms with Gasteiger partial charge in [-0.1, -0.05) is 13.8 Å². The summed E-state index contributed by atoms with van der Waals surface area (Å²) in [6.07, 6.45) is 0. The second-order valence-corrected chi connectivity index (χ2v) is 8.58. The molecule has 2 rings (SSSR count). The minimum absolute atomic E-state index is 0.103. The van der Waals surface area contributed by atoms with E-state index in [1.165, 1.54) is 37.6 Å². The number of aryl methyl sites for hydroxylation is 2. The number of methoxy groups -OCH3 is 3. The minimum atomic E-state index is -0.303. The summed E-state index contributed by atoms with van der Waals surface area (Å²) in [5.41, 5.74) is 1.22. The van der Waals surface area contributed by atoms with Crippen molar-refractivity contribution in [3.63, 3.8) is 0 Å². The van der Waals surface area contributed by atoms with Crippen molar-refractivity contribution in [1.29, 1.82) is 0 Å². The molecule has 182 valence electrons. The molecule has 0 aliphatic rings. The maximum atomic E-state index is 13.5. The Morgan fingerprint density at radius 3 is 2.06 bits per heavy atom. The van der Waals surface area contributed by atoms with Gasteiger partial charge < -0.3 is 29.3 Å². The van der Waals surface area contributed by atoms with Crippen LogP contribution in [0.1, 0.15) is 34.8 Å². The Morgan fingerprint density at radius 2 is 1.61 bits per heavy atom. The van der Waals surface area contributed by atoms with E-state index < -0.39 is 0 Å². The number of amides is 2. The molecule has 0 saturated heterocycles. The fourth-order valence-corrected chi connectivity index (χ4v) is 4.13. The van der Waals surface area contributed by atoms with Crippen LogP contribution in [-0.2, 0) is 4.79 Å². The van der Waals surface area contributed by atoms with Gasteiger partial charge >= 0.3 is 0 Å².